The lowest BCUT2D eigenvalue weighted by Gasteiger charge is -2.31. The van der Waals surface area contributed by atoms with Gasteiger partial charge in [0, 0.05) is 32.7 Å². The van der Waals surface area contributed by atoms with E-state index in [2.05, 4.69) is 5.32 Å². The number of hydrogen-bond acceptors (Lipinski definition) is 5. The van der Waals surface area contributed by atoms with E-state index >= 15 is 0 Å². The number of sulfonamides is 1. The second-order valence-electron chi connectivity index (χ2n) is 7.10. The van der Waals surface area contributed by atoms with Crippen molar-refractivity contribution in [1.29, 1.82) is 0 Å². The molecule has 2 aromatic carbocycles. The SMILES string of the molecule is CN(C)S(=O)(=O)c1cccc(C(=O)Nc2cc(C(F)(F)F)ccc2N2CCOCC2)c1. The van der Waals surface area contributed by atoms with E-state index in [1.165, 1.54) is 44.4 Å². The minimum atomic E-state index is -4.58. The van der Waals surface area contributed by atoms with Crippen LogP contribution in [0.25, 0.3) is 0 Å². The van der Waals surface area contributed by atoms with Crippen LogP contribution < -0.4 is 10.2 Å². The zero-order valence-corrected chi connectivity index (χ0v) is 17.8. The highest BCUT2D eigenvalue weighted by molar-refractivity contribution is 7.89. The monoisotopic (exact) mass is 457 g/mol. The first-order chi connectivity index (χ1) is 14.5. The van der Waals surface area contributed by atoms with Crippen molar-refractivity contribution in [3.63, 3.8) is 0 Å². The molecular weight excluding hydrogens is 435 g/mol. The summed E-state index contributed by atoms with van der Waals surface area (Å²) < 4.78 is 70.7. The van der Waals surface area contributed by atoms with Crippen LogP contribution in [-0.4, -0.2) is 59.0 Å². The van der Waals surface area contributed by atoms with Crippen LogP contribution in [0.3, 0.4) is 0 Å². The molecular formula is C20H22F3N3O4S. The Morgan fingerprint density at radius 1 is 1.10 bits per heavy atom. The third kappa shape index (κ3) is 5.17. The molecule has 11 heteroatoms. The molecule has 0 spiro atoms. The first-order valence-corrected chi connectivity index (χ1v) is 10.8. The van der Waals surface area contributed by atoms with Gasteiger partial charge in [-0.2, -0.15) is 13.2 Å². The summed E-state index contributed by atoms with van der Waals surface area (Å²) in [6.45, 7) is 1.76. The van der Waals surface area contributed by atoms with Crippen molar-refractivity contribution in [2.45, 2.75) is 11.1 Å². The van der Waals surface area contributed by atoms with Gasteiger partial charge in [0.25, 0.3) is 5.91 Å². The fraction of sp³-hybridized carbons (Fsp3) is 0.350. The number of hydrogen-bond donors (Lipinski definition) is 1. The number of anilines is 2. The number of halogens is 3. The van der Waals surface area contributed by atoms with Gasteiger partial charge < -0.3 is 15.0 Å². The molecule has 31 heavy (non-hydrogen) atoms. The van der Waals surface area contributed by atoms with E-state index in [9.17, 15) is 26.4 Å². The number of carbonyl (C=O) groups is 1. The molecule has 0 bridgehead atoms. The van der Waals surface area contributed by atoms with Crippen molar-refractivity contribution in [2.24, 2.45) is 0 Å². The van der Waals surface area contributed by atoms with Gasteiger partial charge >= 0.3 is 6.18 Å². The van der Waals surface area contributed by atoms with Crippen LogP contribution in [0.1, 0.15) is 15.9 Å². The first kappa shape index (κ1) is 23.0. The Kier molecular flexibility index (Phi) is 6.58. The van der Waals surface area contributed by atoms with E-state index in [-0.39, 0.29) is 16.1 Å². The predicted octanol–water partition coefficient (Wildman–Crippen LogP) is 3.04. The molecule has 1 N–H and O–H groups in total. The third-order valence-corrected chi connectivity index (χ3v) is 6.61. The molecule has 1 heterocycles. The Labute approximate surface area is 178 Å². The van der Waals surface area contributed by atoms with E-state index in [1.807, 2.05) is 4.90 Å². The standard InChI is InChI=1S/C20H22F3N3O4S/c1-25(2)31(28,29)16-5-3-4-14(12-16)19(27)24-17-13-15(20(21,22)23)6-7-18(17)26-8-10-30-11-9-26/h3-7,12-13H,8-11H2,1-2H3,(H,24,27). The summed E-state index contributed by atoms with van der Waals surface area (Å²) in [5.41, 5.74) is -0.471. The zero-order chi connectivity index (χ0) is 22.8. The number of ether oxygens (including phenoxy) is 1. The van der Waals surface area contributed by atoms with E-state index in [4.69, 9.17) is 4.74 Å². The molecule has 1 saturated heterocycles. The summed E-state index contributed by atoms with van der Waals surface area (Å²) >= 11 is 0. The highest BCUT2D eigenvalue weighted by Crippen LogP contribution is 2.36. The molecule has 1 aliphatic heterocycles. The number of amides is 1. The topological polar surface area (TPSA) is 79.0 Å². The normalized spacial score (nSPS) is 15.2. The average Bonchev–Trinajstić information content (AvgIpc) is 2.73. The summed E-state index contributed by atoms with van der Waals surface area (Å²) in [5, 5.41) is 2.51. The molecule has 1 aliphatic rings. The number of rotatable bonds is 5. The van der Waals surface area contributed by atoms with Crippen molar-refractivity contribution in [3.8, 4) is 0 Å². The molecule has 0 aromatic heterocycles. The summed E-state index contributed by atoms with van der Waals surface area (Å²) in [7, 11) is -1.05. The van der Waals surface area contributed by atoms with Gasteiger partial charge in [-0.1, -0.05) is 6.07 Å². The number of nitrogens with one attached hydrogen (secondary N) is 1. The highest BCUT2D eigenvalue weighted by atomic mass is 32.2. The van der Waals surface area contributed by atoms with Gasteiger partial charge in [-0.05, 0) is 36.4 Å². The van der Waals surface area contributed by atoms with Gasteiger partial charge in [0.15, 0.2) is 0 Å². The zero-order valence-electron chi connectivity index (χ0n) is 16.9. The quantitative estimate of drug-likeness (QED) is 0.747. The number of morpholine rings is 1. The van der Waals surface area contributed by atoms with E-state index in [0.717, 1.165) is 16.4 Å². The maximum absolute atomic E-state index is 13.2. The predicted molar refractivity (Wildman–Crippen MR) is 110 cm³/mol. The number of alkyl halides is 3. The molecule has 168 valence electrons. The summed E-state index contributed by atoms with van der Waals surface area (Å²) in [4.78, 5) is 14.5. The lowest BCUT2D eigenvalue weighted by Crippen LogP contribution is -2.36. The average molecular weight is 457 g/mol. The molecule has 2 aromatic rings. The van der Waals surface area contributed by atoms with Crippen molar-refractivity contribution < 1.29 is 31.1 Å². The Hall–Kier alpha value is -2.63. The van der Waals surface area contributed by atoms with E-state index < -0.39 is 27.7 Å². The lowest BCUT2D eigenvalue weighted by molar-refractivity contribution is -0.137. The third-order valence-electron chi connectivity index (χ3n) is 4.80. The van der Waals surface area contributed by atoms with Crippen LogP contribution in [0.4, 0.5) is 24.5 Å². The van der Waals surface area contributed by atoms with Gasteiger partial charge in [-0.25, -0.2) is 12.7 Å². The second-order valence-corrected chi connectivity index (χ2v) is 9.25. The lowest BCUT2D eigenvalue weighted by atomic mass is 10.1. The van der Waals surface area contributed by atoms with Crippen LogP contribution in [0.15, 0.2) is 47.4 Å². The van der Waals surface area contributed by atoms with Crippen molar-refractivity contribution >= 4 is 27.3 Å². The van der Waals surface area contributed by atoms with Crippen LogP contribution in [-0.2, 0) is 20.9 Å². The number of nitrogens with zero attached hydrogens (tertiary/aromatic N) is 2. The first-order valence-electron chi connectivity index (χ1n) is 9.38. The minimum Gasteiger partial charge on any atom is -0.378 e. The second kappa shape index (κ2) is 8.85. The smallest absolute Gasteiger partial charge is 0.378 e. The number of carbonyl (C=O) groups excluding carboxylic acids is 1. The molecule has 1 fully saturated rings. The van der Waals surface area contributed by atoms with Gasteiger partial charge in [-0.15, -0.1) is 0 Å². The summed E-state index contributed by atoms with van der Waals surface area (Å²) in [6.07, 6.45) is -4.58. The molecule has 0 saturated carbocycles. The highest BCUT2D eigenvalue weighted by Gasteiger charge is 2.32. The van der Waals surface area contributed by atoms with Crippen LogP contribution >= 0.6 is 0 Å². The van der Waals surface area contributed by atoms with Gasteiger partial charge in [0.1, 0.15) is 0 Å². The number of benzene rings is 2. The fourth-order valence-corrected chi connectivity index (χ4v) is 4.04. The van der Waals surface area contributed by atoms with Crippen molar-refractivity contribution in [1.82, 2.24) is 4.31 Å². The minimum absolute atomic E-state index is 0.00765. The van der Waals surface area contributed by atoms with Crippen LogP contribution in [0.5, 0.6) is 0 Å². The Balaban J connectivity index is 1.96. The summed E-state index contributed by atoms with van der Waals surface area (Å²) in [5.74, 6) is -0.718. The largest absolute Gasteiger partial charge is 0.416 e. The molecule has 0 atom stereocenters. The Bertz CT molecular complexity index is 1070. The van der Waals surface area contributed by atoms with Gasteiger partial charge in [-0.3, -0.25) is 4.79 Å². The molecule has 1 amide bonds. The maximum Gasteiger partial charge on any atom is 0.416 e. The van der Waals surface area contributed by atoms with Gasteiger partial charge in [0.05, 0.1) is 35.0 Å². The van der Waals surface area contributed by atoms with Crippen LogP contribution in [0.2, 0.25) is 0 Å². The van der Waals surface area contributed by atoms with Gasteiger partial charge in [0.2, 0.25) is 10.0 Å². The maximum atomic E-state index is 13.2. The molecule has 0 radical (unpaired) electrons. The molecule has 0 unspecified atom stereocenters. The van der Waals surface area contributed by atoms with E-state index in [1.54, 1.807) is 0 Å². The van der Waals surface area contributed by atoms with Crippen molar-refractivity contribution in [2.75, 3.05) is 50.6 Å². The van der Waals surface area contributed by atoms with Crippen molar-refractivity contribution in [3.05, 3.63) is 53.6 Å². The Morgan fingerprint density at radius 2 is 1.77 bits per heavy atom. The molecule has 7 nitrogen and oxygen atoms in total. The summed E-state index contributed by atoms with van der Waals surface area (Å²) in [6, 6.07) is 8.49. The molecule has 0 aliphatic carbocycles. The Morgan fingerprint density at radius 3 is 2.39 bits per heavy atom. The fourth-order valence-electron chi connectivity index (χ4n) is 3.10. The van der Waals surface area contributed by atoms with E-state index in [0.29, 0.717) is 32.0 Å². The molecule has 3 rings (SSSR count). The van der Waals surface area contributed by atoms with Crippen LogP contribution in [0, 0.1) is 0 Å².